The fourth-order valence-corrected chi connectivity index (χ4v) is 0.911. The second kappa shape index (κ2) is 12.5. The van der Waals surface area contributed by atoms with Crippen molar-refractivity contribution < 1.29 is 24.9 Å². The van der Waals surface area contributed by atoms with E-state index in [-0.39, 0.29) is 6.10 Å². The van der Waals surface area contributed by atoms with Crippen LogP contribution in [-0.2, 0) is 9.59 Å². The lowest BCUT2D eigenvalue weighted by atomic mass is 10.1. The number of aliphatic hydroxyl groups is 1. The molecule has 1 atom stereocenters. The number of hydrogen-bond donors (Lipinski definition) is 4. The molecule has 0 bridgehead atoms. The highest BCUT2D eigenvalue weighted by atomic mass is 16.4. The number of carboxylic acid groups (broad SMARTS) is 2. The fraction of sp³-hybridized carbons (Fsp3) is 0.385. The molecule has 1 rings (SSSR count). The molecule has 0 fully saturated rings. The maximum atomic E-state index is 9.33. The van der Waals surface area contributed by atoms with Gasteiger partial charge in [0.15, 0.2) is 0 Å². The van der Waals surface area contributed by atoms with E-state index in [4.69, 9.17) is 19.8 Å². The number of nitrogens with one attached hydrogen (secondary N) is 1. The van der Waals surface area contributed by atoms with Gasteiger partial charge in [-0.15, -0.1) is 0 Å². The Balaban J connectivity index is 0. The Morgan fingerprint density at radius 1 is 1.11 bits per heavy atom. The Kier molecular flexibility index (Phi) is 12.8. The molecule has 0 heterocycles. The zero-order valence-electron chi connectivity index (χ0n) is 11.3. The van der Waals surface area contributed by atoms with Crippen LogP contribution in [0.3, 0.4) is 0 Å². The van der Waals surface area contributed by atoms with Gasteiger partial charge in [-0.2, -0.15) is 0 Å². The minimum atomic E-state index is -1.82. The summed E-state index contributed by atoms with van der Waals surface area (Å²) in [5.74, 6) is -3.65. The summed E-state index contributed by atoms with van der Waals surface area (Å²) in [6, 6.07) is 9.70. The standard InChI is InChI=1S/C9H12O.C2H7N.C2H2O4/c1-2-9(10)8-6-4-3-5-7-8;1-3-2;3-1(4)2(5)6/h3-7,9-10H,2H2,1H3;3H,1-2H3;(H,3,4)(H,5,6). The molecule has 4 N–H and O–H groups in total. The molecule has 0 aliphatic carbocycles. The van der Waals surface area contributed by atoms with Gasteiger partial charge < -0.3 is 20.6 Å². The fourth-order valence-electron chi connectivity index (χ4n) is 0.911. The molecule has 0 amide bonds. The van der Waals surface area contributed by atoms with Crippen LogP contribution in [0.5, 0.6) is 0 Å². The van der Waals surface area contributed by atoms with Crippen molar-refractivity contribution in [3.05, 3.63) is 35.9 Å². The number of carboxylic acids is 2. The van der Waals surface area contributed by atoms with Crippen LogP contribution in [0.25, 0.3) is 0 Å². The first-order valence-corrected chi connectivity index (χ1v) is 5.68. The van der Waals surface area contributed by atoms with Crippen LogP contribution >= 0.6 is 0 Å². The van der Waals surface area contributed by atoms with Gasteiger partial charge in [-0.1, -0.05) is 37.3 Å². The maximum Gasteiger partial charge on any atom is 0.414 e. The average molecular weight is 271 g/mol. The van der Waals surface area contributed by atoms with E-state index in [1.165, 1.54) is 0 Å². The molecule has 1 unspecified atom stereocenters. The summed E-state index contributed by atoms with van der Waals surface area (Å²) in [4.78, 5) is 18.2. The predicted molar refractivity (Wildman–Crippen MR) is 71.9 cm³/mol. The van der Waals surface area contributed by atoms with Crippen LogP contribution in [0.4, 0.5) is 0 Å². The quantitative estimate of drug-likeness (QED) is 0.600. The number of aliphatic hydroxyl groups excluding tert-OH is 1. The van der Waals surface area contributed by atoms with Crippen LogP contribution in [0, 0.1) is 0 Å². The van der Waals surface area contributed by atoms with Crippen molar-refractivity contribution in [1.82, 2.24) is 5.32 Å². The third-order valence-corrected chi connectivity index (χ3v) is 1.75. The first-order chi connectivity index (χ1) is 8.90. The zero-order valence-corrected chi connectivity index (χ0v) is 11.3. The van der Waals surface area contributed by atoms with Gasteiger partial charge in [-0.3, -0.25) is 0 Å². The summed E-state index contributed by atoms with van der Waals surface area (Å²) in [6.45, 7) is 1.97. The lowest BCUT2D eigenvalue weighted by molar-refractivity contribution is -0.159. The van der Waals surface area contributed by atoms with E-state index in [1.807, 2.05) is 51.4 Å². The third-order valence-electron chi connectivity index (χ3n) is 1.75. The van der Waals surface area contributed by atoms with Crippen molar-refractivity contribution in [3.63, 3.8) is 0 Å². The molecule has 108 valence electrons. The molecule has 6 nitrogen and oxygen atoms in total. The first-order valence-electron chi connectivity index (χ1n) is 5.68. The molecule has 0 spiro atoms. The van der Waals surface area contributed by atoms with E-state index in [2.05, 4.69) is 5.32 Å². The molecule has 1 aromatic rings. The largest absolute Gasteiger partial charge is 0.473 e. The Hall–Kier alpha value is -1.92. The van der Waals surface area contributed by atoms with Gasteiger partial charge in [0.1, 0.15) is 0 Å². The first kappa shape index (κ1) is 19.4. The SMILES string of the molecule is CCC(O)c1ccccc1.CNC.O=C(O)C(=O)O. The van der Waals surface area contributed by atoms with Gasteiger partial charge in [-0.05, 0) is 26.1 Å². The summed E-state index contributed by atoms with van der Waals surface area (Å²) < 4.78 is 0. The van der Waals surface area contributed by atoms with Gasteiger partial charge in [0.25, 0.3) is 0 Å². The van der Waals surface area contributed by atoms with Gasteiger partial charge in [0.05, 0.1) is 6.10 Å². The highest BCUT2D eigenvalue weighted by molar-refractivity contribution is 6.27. The summed E-state index contributed by atoms with van der Waals surface area (Å²) in [5, 5.41) is 26.9. The minimum Gasteiger partial charge on any atom is -0.473 e. The van der Waals surface area contributed by atoms with E-state index in [0.717, 1.165) is 12.0 Å². The van der Waals surface area contributed by atoms with Crippen molar-refractivity contribution in [2.45, 2.75) is 19.4 Å². The number of benzene rings is 1. The molecule has 0 aliphatic rings. The smallest absolute Gasteiger partial charge is 0.414 e. The van der Waals surface area contributed by atoms with E-state index in [1.54, 1.807) is 0 Å². The Bertz CT molecular complexity index is 341. The average Bonchev–Trinajstić information content (AvgIpc) is 2.40. The summed E-state index contributed by atoms with van der Waals surface area (Å²) in [5.41, 5.74) is 1.00. The van der Waals surface area contributed by atoms with Crippen molar-refractivity contribution in [2.24, 2.45) is 0 Å². The molecule has 0 aliphatic heterocycles. The molecule has 0 saturated carbocycles. The van der Waals surface area contributed by atoms with E-state index in [0.29, 0.717) is 0 Å². The van der Waals surface area contributed by atoms with Crippen molar-refractivity contribution in [2.75, 3.05) is 14.1 Å². The predicted octanol–water partition coefficient (Wildman–Crippen LogP) is 1.12. The molecule has 0 radical (unpaired) electrons. The van der Waals surface area contributed by atoms with Crippen LogP contribution in [0.15, 0.2) is 30.3 Å². The number of aliphatic carboxylic acids is 2. The normalized spacial score (nSPS) is 10.1. The van der Waals surface area contributed by atoms with Crippen LogP contribution in [0.1, 0.15) is 25.0 Å². The van der Waals surface area contributed by atoms with Crippen molar-refractivity contribution >= 4 is 11.9 Å². The Morgan fingerprint density at radius 2 is 1.47 bits per heavy atom. The Morgan fingerprint density at radius 3 is 1.74 bits per heavy atom. The monoisotopic (exact) mass is 271 g/mol. The molecule has 6 heteroatoms. The van der Waals surface area contributed by atoms with Crippen LogP contribution in [0.2, 0.25) is 0 Å². The molecule has 0 aromatic heterocycles. The van der Waals surface area contributed by atoms with E-state index >= 15 is 0 Å². The Labute approximate surface area is 112 Å². The van der Waals surface area contributed by atoms with Gasteiger partial charge >= 0.3 is 11.9 Å². The zero-order chi connectivity index (χ0) is 15.3. The molecular weight excluding hydrogens is 250 g/mol. The maximum absolute atomic E-state index is 9.33. The second-order valence-corrected chi connectivity index (χ2v) is 3.45. The second-order valence-electron chi connectivity index (χ2n) is 3.45. The highest BCUT2D eigenvalue weighted by Crippen LogP contribution is 2.14. The highest BCUT2D eigenvalue weighted by Gasteiger charge is 2.04. The summed E-state index contributed by atoms with van der Waals surface area (Å²) >= 11 is 0. The van der Waals surface area contributed by atoms with Crippen LogP contribution in [-0.4, -0.2) is 41.4 Å². The summed E-state index contributed by atoms with van der Waals surface area (Å²) in [7, 11) is 3.75. The van der Waals surface area contributed by atoms with E-state index < -0.39 is 11.9 Å². The molecule has 1 aromatic carbocycles. The topological polar surface area (TPSA) is 107 Å². The van der Waals surface area contributed by atoms with Gasteiger partial charge in [0, 0.05) is 0 Å². The molecular formula is C13H21NO5. The summed E-state index contributed by atoms with van der Waals surface area (Å²) in [6.07, 6.45) is 0.491. The molecule has 19 heavy (non-hydrogen) atoms. The van der Waals surface area contributed by atoms with Gasteiger partial charge in [0.2, 0.25) is 0 Å². The number of carbonyl (C=O) groups is 2. The number of rotatable bonds is 2. The van der Waals surface area contributed by atoms with E-state index in [9.17, 15) is 5.11 Å². The lowest BCUT2D eigenvalue weighted by Crippen LogP contribution is -2.09. The van der Waals surface area contributed by atoms with Crippen molar-refractivity contribution in [3.8, 4) is 0 Å². The van der Waals surface area contributed by atoms with Crippen molar-refractivity contribution in [1.29, 1.82) is 0 Å². The van der Waals surface area contributed by atoms with Crippen LogP contribution < -0.4 is 5.32 Å². The molecule has 0 saturated heterocycles. The minimum absolute atomic E-state index is 0.291. The third kappa shape index (κ3) is 12.3. The number of hydrogen-bond acceptors (Lipinski definition) is 4. The lowest BCUT2D eigenvalue weighted by Gasteiger charge is -2.05. The van der Waals surface area contributed by atoms with Gasteiger partial charge in [-0.25, -0.2) is 9.59 Å².